The first-order valence-electron chi connectivity index (χ1n) is 7.50. The van der Waals surface area contributed by atoms with Crippen LogP contribution in [-0.4, -0.2) is 36.2 Å². The molecule has 120 valence electrons. The maximum absolute atomic E-state index is 12.4. The number of amides is 1. The Kier molecular flexibility index (Phi) is 4.74. The van der Waals surface area contributed by atoms with Gasteiger partial charge in [0, 0.05) is 6.54 Å². The maximum Gasteiger partial charge on any atom is 0.410 e. The summed E-state index contributed by atoms with van der Waals surface area (Å²) >= 11 is 0. The molecule has 1 fully saturated rings. The van der Waals surface area contributed by atoms with Crippen LogP contribution in [0.5, 0.6) is 0 Å². The van der Waals surface area contributed by atoms with Crippen LogP contribution in [-0.2, 0) is 9.47 Å². The molecule has 0 radical (unpaired) electrons. The van der Waals surface area contributed by atoms with Crippen molar-refractivity contribution < 1.29 is 19.1 Å². The van der Waals surface area contributed by atoms with Crippen molar-refractivity contribution >= 4 is 12.1 Å². The Labute approximate surface area is 131 Å². The van der Waals surface area contributed by atoms with Crippen molar-refractivity contribution in [2.45, 2.75) is 45.3 Å². The number of nitrogens with zero attached hydrogens (tertiary/aromatic N) is 1. The molecular formula is C17H23NO4. The Balaban J connectivity index is 2.28. The van der Waals surface area contributed by atoms with Crippen LogP contribution in [0.3, 0.4) is 0 Å². The van der Waals surface area contributed by atoms with Gasteiger partial charge in [-0.3, -0.25) is 0 Å². The molecule has 1 unspecified atom stereocenters. The second-order valence-electron chi connectivity index (χ2n) is 6.41. The highest BCUT2D eigenvalue weighted by atomic mass is 16.6. The van der Waals surface area contributed by atoms with E-state index in [0.717, 1.165) is 18.4 Å². The first kappa shape index (κ1) is 16.3. The first-order chi connectivity index (χ1) is 10.3. The van der Waals surface area contributed by atoms with E-state index in [1.54, 1.807) is 17.0 Å². The van der Waals surface area contributed by atoms with Gasteiger partial charge in [-0.1, -0.05) is 18.2 Å². The molecule has 0 spiro atoms. The van der Waals surface area contributed by atoms with E-state index in [4.69, 9.17) is 9.47 Å². The highest BCUT2D eigenvalue weighted by Crippen LogP contribution is 2.35. The van der Waals surface area contributed by atoms with Gasteiger partial charge in [0.15, 0.2) is 0 Å². The number of carbonyl (C=O) groups is 2. The lowest BCUT2D eigenvalue weighted by Gasteiger charge is -2.29. The highest BCUT2D eigenvalue weighted by Gasteiger charge is 2.35. The van der Waals surface area contributed by atoms with E-state index in [1.165, 1.54) is 7.11 Å². The van der Waals surface area contributed by atoms with Crippen LogP contribution in [0.25, 0.3) is 0 Å². The van der Waals surface area contributed by atoms with E-state index < -0.39 is 5.60 Å². The zero-order chi connectivity index (χ0) is 16.3. The number of rotatable bonds is 2. The Morgan fingerprint density at radius 2 is 1.91 bits per heavy atom. The van der Waals surface area contributed by atoms with Gasteiger partial charge in [-0.25, -0.2) is 9.59 Å². The fourth-order valence-electron chi connectivity index (χ4n) is 2.71. The lowest BCUT2D eigenvalue weighted by atomic mass is 9.98. The van der Waals surface area contributed by atoms with E-state index in [1.807, 2.05) is 32.9 Å². The number of methoxy groups -OCH3 is 1. The third-order valence-corrected chi connectivity index (χ3v) is 3.61. The second-order valence-corrected chi connectivity index (χ2v) is 6.41. The van der Waals surface area contributed by atoms with E-state index >= 15 is 0 Å². The van der Waals surface area contributed by atoms with Crippen molar-refractivity contribution in [3.05, 3.63) is 35.4 Å². The molecule has 5 heteroatoms. The summed E-state index contributed by atoms with van der Waals surface area (Å²) in [5.74, 6) is -0.383. The normalized spacial score (nSPS) is 18.2. The highest BCUT2D eigenvalue weighted by molar-refractivity contribution is 5.91. The van der Waals surface area contributed by atoms with Crippen molar-refractivity contribution in [2.75, 3.05) is 13.7 Å². The van der Waals surface area contributed by atoms with Crippen LogP contribution < -0.4 is 0 Å². The number of hydrogen-bond donors (Lipinski definition) is 0. The lowest BCUT2D eigenvalue weighted by Crippen LogP contribution is -2.36. The minimum Gasteiger partial charge on any atom is -0.465 e. The quantitative estimate of drug-likeness (QED) is 0.784. The largest absolute Gasteiger partial charge is 0.465 e. The molecule has 1 amide bonds. The van der Waals surface area contributed by atoms with Gasteiger partial charge in [0.05, 0.1) is 18.7 Å². The van der Waals surface area contributed by atoms with Crippen molar-refractivity contribution in [1.29, 1.82) is 0 Å². The summed E-state index contributed by atoms with van der Waals surface area (Å²) in [5, 5.41) is 0. The van der Waals surface area contributed by atoms with Crippen LogP contribution in [0, 0.1) is 0 Å². The number of carbonyl (C=O) groups excluding carboxylic acids is 2. The maximum atomic E-state index is 12.4. The summed E-state index contributed by atoms with van der Waals surface area (Å²) in [4.78, 5) is 26.0. The summed E-state index contributed by atoms with van der Waals surface area (Å²) in [5.41, 5.74) is 0.787. The van der Waals surface area contributed by atoms with E-state index in [-0.39, 0.29) is 18.1 Å². The number of likely N-dealkylation sites (tertiary alicyclic amines) is 1. The van der Waals surface area contributed by atoms with Gasteiger partial charge >= 0.3 is 12.1 Å². The fraction of sp³-hybridized carbons (Fsp3) is 0.529. The topological polar surface area (TPSA) is 55.8 Å². The Hall–Kier alpha value is -2.04. The average molecular weight is 305 g/mol. The molecule has 0 bridgehead atoms. The zero-order valence-corrected chi connectivity index (χ0v) is 13.6. The Morgan fingerprint density at radius 1 is 1.23 bits per heavy atom. The molecule has 1 heterocycles. The Bertz CT molecular complexity index is 562. The predicted octanol–water partition coefficient (Wildman–Crippen LogP) is 3.55. The molecule has 5 nitrogen and oxygen atoms in total. The smallest absolute Gasteiger partial charge is 0.410 e. The molecular weight excluding hydrogens is 282 g/mol. The number of benzene rings is 1. The number of hydrogen-bond acceptors (Lipinski definition) is 4. The molecule has 1 atom stereocenters. The van der Waals surface area contributed by atoms with Gasteiger partial charge in [0.1, 0.15) is 5.60 Å². The van der Waals surface area contributed by atoms with E-state index in [2.05, 4.69) is 0 Å². The summed E-state index contributed by atoms with van der Waals surface area (Å²) in [7, 11) is 1.36. The minimum atomic E-state index is -0.536. The fourth-order valence-corrected chi connectivity index (χ4v) is 2.71. The number of esters is 1. The van der Waals surface area contributed by atoms with E-state index in [9.17, 15) is 9.59 Å². The van der Waals surface area contributed by atoms with Gasteiger partial charge in [-0.15, -0.1) is 0 Å². The van der Waals surface area contributed by atoms with Crippen LogP contribution in [0.15, 0.2) is 24.3 Å². The third-order valence-electron chi connectivity index (χ3n) is 3.61. The summed E-state index contributed by atoms with van der Waals surface area (Å²) in [6.07, 6.45) is 1.36. The SMILES string of the molecule is COC(=O)c1ccccc1C1CCCN1C(=O)OC(C)(C)C. The van der Waals surface area contributed by atoms with Gasteiger partial charge in [-0.2, -0.15) is 0 Å². The first-order valence-corrected chi connectivity index (χ1v) is 7.50. The molecule has 1 saturated heterocycles. The number of ether oxygens (including phenoxy) is 2. The summed E-state index contributed by atoms with van der Waals surface area (Å²) < 4.78 is 10.3. The molecule has 1 aliphatic heterocycles. The zero-order valence-electron chi connectivity index (χ0n) is 13.6. The molecule has 0 N–H and O–H groups in total. The van der Waals surface area contributed by atoms with Crippen LogP contribution in [0.2, 0.25) is 0 Å². The van der Waals surface area contributed by atoms with Gasteiger partial charge < -0.3 is 14.4 Å². The van der Waals surface area contributed by atoms with E-state index in [0.29, 0.717) is 12.1 Å². The van der Waals surface area contributed by atoms with Gasteiger partial charge in [0.25, 0.3) is 0 Å². The standard InChI is InChI=1S/C17H23NO4/c1-17(2,3)22-16(20)18-11-7-10-14(18)12-8-5-6-9-13(12)15(19)21-4/h5-6,8-9,14H,7,10-11H2,1-4H3. The second kappa shape index (κ2) is 6.38. The molecule has 1 aliphatic rings. The molecule has 0 saturated carbocycles. The molecule has 1 aromatic rings. The van der Waals surface area contributed by atoms with Crippen LogP contribution >= 0.6 is 0 Å². The third kappa shape index (κ3) is 3.59. The Morgan fingerprint density at radius 3 is 2.55 bits per heavy atom. The monoisotopic (exact) mass is 305 g/mol. The molecule has 22 heavy (non-hydrogen) atoms. The summed E-state index contributed by atoms with van der Waals surface area (Å²) in [6, 6.07) is 7.12. The summed E-state index contributed by atoms with van der Waals surface area (Å²) in [6.45, 7) is 6.17. The predicted molar refractivity (Wildman–Crippen MR) is 82.7 cm³/mol. The van der Waals surface area contributed by atoms with Crippen LogP contribution in [0.1, 0.15) is 55.6 Å². The van der Waals surface area contributed by atoms with Crippen molar-refractivity contribution in [3.8, 4) is 0 Å². The van der Waals surface area contributed by atoms with Gasteiger partial charge in [-0.05, 0) is 45.2 Å². The average Bonchev–Trinajstić information content (AvgIpc) is 2.94. The minimum absolute atomic E-state index is 0.148. The lowest BCUT2D eigenvalue weighted by molar-refractivity contribution is 0.0221. The van der Waals surface area contributed by atoms with Crippen molar-refractivity contribution in [1.82, 2.24) is 4.90 Å². The molecule has 0 aromatic heterocycles. The van der Waals surface area contributed by atoms with Crippen LogP contribution in [0.4, 0.5) is 4.79 Å². The van der Waals surface area contributed by atoms with Crippen molar-refractivity contribution in [3.63, 3.8) is 0 Å². The van der Waals surface area contributed by atoms with Crippen molar-refractivity contribution in [2.24, 2.45) is 0 Å². The van der Waals surface area contributed by atoms with Gasteiger partial charge in [0.2, 0.25) is 0 Å². The molecule has 0 aliphatic carbocycles. The molecule has 1 aromatic carbocycles. The molecule has 2 rings (SSSR count).